The van der Waals surface area contributed by atoms with Crippen LogP contribution in [0.3, 0.4) is 0 Å². The molecule has 1 N–H and O–H groups in total. The number of benzene rings is 1. The van der Waals surface area contributed by atoms with Gasteiger partial charge in [-0.05, 0) is 36.7 Å². The maximum Gasteiger partial charge on any atom is 0.244 e. The van der Waals surface area contributed by atoms with Gasteiger partial charge in [-0.3, -0.25) is 0 Å². The average molecular weight is 315 g/mol. The topological polar surface area (TPSA) is 49.4 Å². The van der Waals surface area contributed by atoms with Crippen molar-refractivity contribution in [1.29, 1.82) is 0 Å². The average Bonchev–Trinajstić information content (AvgIpc) is 2.39. The van der Waals surface area contributed by atoms with Crippen molar-refractivity contribution in [3.05, 3.63) is 28.3 Å². The fourth-order valence-electron chi connectivity index (χ4n) is 1.80. The van der Waals surface area contributed by atoms with E-state index >= 15 is 0 Å². The molecule has 0 heterocycles. The van der Waals surface area contributed by atoms with E-state index in [1.165, 1.54) is 13.1 Å². The van der Waals surface area contributed by atoms with Crippen LogP contribution < -0.4 is 5.32 Å². The summed E-state index contributed by atoms with van der Waals surface area (Å²) in [6, 6.07) is 3.24. The summed E-state index contributed by atoms with van der Waals surface area (Å²) in [6.45, 7) is 5.16. The Kier molecular flexibility index (Phi) is 6.03. The van der Waals surface area contributed by atoms with Crippen molar-refractivity contribution in [1.82, 2.24) is 9.62 Å². The highest BCUT2D eigenvalue weighted by Crippen LogP contribution is 2.26. The van der Waals surface area contributed by atoms with Crippen molar-refractivity contribution in [2.75, 3.05) is 20.1 Å². The van der Waals surface area contributed by atoms with E-state index in [-0.39, 0.29) is 11.4 Å². The summed E-state index contributed by atoms with van der Waals surface area (Å²) in [7, 11) is -2.17. The molecule has 1 aromatic rings. The molecule has 0 spiro atoms. The summed E-state index contributed by atoms with van der Waals surface area (Å²) in [5.74, 6) is 2.33. The van der Waals surface area contributed by atoms with Gasteiger partial charge in [-0.15, -0.1) is 6.42 Å². The third kappa shape index (κ3) is 3.74. The molecule has 1 aromatic carbocycles. The van der Waals surface area contributed by atoms with Crippen LogP contribution in [0.2, 0.25) is 5.02 Å². The molecule has 0 aliphatic heterocycles. The number of terminal acetylenes is 1. The van der Waals surface area contributed by atoms with Crippen LogP contribution in [0.4, 0.5) is 0 Å². The summed E-state index contributed by atoms with van der Waals surface area (Å²) < 4.78 is 26.1. The largest absolute Gasteiger partial charge is 0.313 e. The van der Waals surface area contributed by atoms with Gasteiger partial charge in [0.1, 0.15) is 0 Å². The fraction of sp³-hybridized carbons (Fsp3) is 0.429. The van der Waals surface area contributed by atoms with Gasteiger partial charge in [0.15, 0.2) is 0 Å². The number of rotatable bonds is 6. The van der Waals surface area contributed by atoms with E-state index in [2.05, 4.69) is 11.2 Å². The van der Waals surface area contributed by atoms with E-state index in [0.717, 1.165) is 16.4 Å². The van der Waals surface area contributed by atoms with E-state index in [1.54, 1.807) is 13.0 Å². The van der Waals surface area contributed by atoms with Crippen molar-refractivity contribution in [2.45, 2.75) is 25.3 Å². The quantitative estimate of drug-likeness (QED) is 0.817. The SMILES string of the molecule is C#CCN(C)S(=O)(=O)c1cc(Cl)cc(CNCC)c1C. The second-order valence-corrected chi connectivity index (χ2v) is 6.88. The van der Waals surface area contributed by atoms with Crippen LogP contribution in [-0.2, 0) is 16.6 Å². The minimum atomic E-state index is -3.62. The lowest BCUT2D eigenvalue weighted by Gasteiger charge is -2.18. The maximum absolute atomic E-state index is 12.5. The van der Waals surface area contributed by atoms with E-state index in [1.807, 2.05) is 6.92 Å². The van der Waals surface area contributed by atoms with E-state index < -0.39 is 10.0 Å². The van der Waals surface area contributed by atoms with Crippen molar-refractivity contribution in [3.63, 3.8) is 0 Å². The van der Waals surface area contributed by atoms with Gasteiger partial charge in [0.25, 0.3) is 0 Å². The molecule has 0 aliphatic carbocycles. The minimum Gasteiger partial charge on any atom is -0.313 e. The molecular weight excluding hydrogens is 296 g/mol. The number of nitrogens with zero attached hydrogens (tertiary/aromatic N) is 1. The number of nitrogens with one attached hydrogen (secondary N) is 1. The predicted molar refractivity (Wildman–Crippen MR) is 82.2 cm³/mol. The maximum atomic E-state index is 12.5. The Morgan fingerprint density at radius 2 is 2.10 bits per heavy atom. The minimum absolute atomic E-state index is 0.0246. The molecule has 0 saturated carbocycles. The predicted octanol–water partition coefficient (Wildman–Crippen LogP) is 2.01. The highest BCUT2D eigenvalue weighted by molar-refractivity contribution is 7.89. The molecule has 0 amide bonds. The molecule has 4 nitrogen and oxygen atoms in total. The first kappa shape index (κ1) is 17.0. The molecule has 0 aliphatic rings. The standard InChI is InChI=1S/C14H19ClN2O2S/c1-5-7-17(4)20(18,19)14-9-13(15)8-12(11(14)3)10-16-6-2/h1,8-9,16H,6-7,10H2,2-4H3. The molecule has 110 valence electrons. The van der Waals surface area contributed by atoms with Crippen LogP contribution in [0.1, 0.15) is 18.1 Å². The van der Waals surface area contributed by atoms with Gasteiger partial charge < -0.3 is 5.32 Å². The lowest BCUT2D eigenvalue weighted by atomic mass is 10.1. The van der Waals surface area contributed by atoms with E-state index in [4.69, 9.17) is 18.0 Å². The Morgan fingerprint density at radius 3 is 2.65 bits per heavy atom. The molecule has 0 bridgehead atoms. The second-order valence-electron chi connectivity index (χ2n) is 4.43. The van der Waals surface area contributed by atoms with Gasteiger partial charge in [-0.25, -0.2) is 8.42 Å². The van der Waals surface area contributed by atoms with Crippen LogP contribution in [0.15, 0.2) is 17.0 Å². The van der Waals surface area contributed by atoms with Crippen molar-refractivity contribution in [3.8, 4) is 12.3 Å². The summed E-state index contributed by atoms with van der Waals surface area (Å²) in [6.07, 6.45) is 5.18. The molecule has 0 aromatic heterocycles. The van der Waals surface area contributed by atoms with Crippen LogP contribution >= 0.6 is 11.6 Å². The molecule has 20 heavy (non-hydrogen) atoms. The zero-order valence-electron chi connectivity index (χ0n) is 11.9. The zero-order chi connectivity index (χ0) is 15.3. The Hall–Kier alpha value is -1.06. The van der Waals surface area contributed by atoms with Crippen LogP contribution in [-0.4, -0.2) is 32.9 Å². The number of hydrogen-bond acceptors (Lipinski definition) is 3. The molecular formula is C14H19ClN2O2S. The summed E-state index contributed by atoms with van der Waals surface area (Å²) in [5, 5.41) is 3.57. The first-order valence-corrected chi connectivity index (χ1v) is 8.06. The van der Waals surface area contributed by atoms with E-state index in [0.29, 0.717) is 17.1 Å². The molecule has 0 saturated heterocycles. The second kappa shape index (κ2) is 7.09. The van der Waals surface area contributed by atoms with Gasteiger partial charge in [0, 0.05) is 18.6 Å². The highest BCUT2D eigenvalue weighted by Gasteiger charge is 2.24. The normalized spacial score (nSPS) is 11.6. The van der Waals surface area contributed by atoms with Crippen LogP contribution in [0, 0.1) is 19.3 Å². The fourth-order valence-corrected chi connectivity index (χ4v) is 3.48. The van der Waals surface area contributed by atoms with Crippen molar-refractivity contribution in [2.24, 2.45) is 0 Å². The number of sulfonamides is 1. The summed E-state index contributed by atoms with van der Waals surface area (Å²) in [4.78, 5) is 0.204. The van der Waals surface area contributed by atoms with E-state index in [9.17, 15) is 8.42 Å². The monoisotopic (exact) mass is 314 g/mol. The van der Waals surface area contributed by atoms with Gasteiger partial charge in [0.05, 0.1) is 11.4 Å². The molecule has 0 atom stereocenters. The van der Waals surface area contributed by atoms with Gasteiger partial charge in [-0.1, -0.05) is 24.4 Å². The summed E-state index contributed by atoms with van der Waals surface area (Å²) in [5.41, 5.74) is 1.56. The lowest BCUT2D eigenvalue weighted by Crippen LogP contribution is -2.28. The lowest BCUT2D eigenvalue weighted by molar-refractivity contribution is 0.502. The first-order valence-electron chi connectivity index (χ1n) is 6.24. The highest BCUT2D eigenvalue weighted by atomic mass is 35.5. The molecule has 0 unspecified atom stereocenters. The smallest absolute Gasteiger partial charge is 0.244 e. The van der Waals surface area contributed by atoms with Gasteiger partial charge >= 0.3 is 0 Å². The molecule has 6 heteroatoms. The Labute approximate surface area is 126 Å². The van der Waals surface area contributed by atoms with Crippen LogP contribution in [0.25, 0.3) is 0 Å². The van der Waals surface area contributed by atoms with Gasteiger partial charge in [-0.2, -0.15) is 4.31 Å². The Balaban J connectivity index is 3.31. The zero-order valence-corrected chi connectivity index (χ0v) is 13.5. The Bertz CT molecular complexity index is 621. The number of hydrogen-bond donors (Lipinski definition) is 1. The number of halogens is 1. The first-order chi connectivity index (χ1) is 9.34. The molecule has 1 rings (SSSR count). The van der Waals surface area contributed by atoms with Crippen molar-refractivity contribution >= 4 is 21.6 Å². The third-order valence-electron chi connectivity index (χ3n) is 3.00. The molecule has 0 fully saturated rings. The van der Waals surface area contributed by atoms with Crippen LogP contribution in [0.5, 0.6) is 0 Å². The Morgan fingerprint density at radius 1 is 1.45 bits per heavy atom. The molecule has 0 radical (unpaired) electrons. The van der Waals surface area contributed by atoms with Crippen molar-refractivity contribution < 1.29 is 8.42 Å². The third-order valence-corrected chi connectivity index (χ3v) is 5.15. The van der Waals surface area contributed by atoms with Gasteiger partial charge in [0.2, 0.25) is 10.0 Å². The summed E-state index contributed by atoms with van der Waals surface area (Å²) >= 11 is 6.04.